The average molecular weight is 325 g/mol. The molecule has 0 aliphatic carbocycles. The van der Waals surface area contributed by atoms with Crippen LogP contribution in [0.25, 0.3) is 10.9 Å². The van der Waals surface area contributed by atoms with Crippen LogP contribution in [-0.2, 0) is 13.1 Å². The Hall–Kier alpha value is -2.60. The number of carbonyl (C=O) groups excluding carboxylic acids is 1. The summed E-state index contributed by atoms with van der Waals surface area (Å²) in [7, 11) is 1.83. The lowest BCUT2D eigenvalue weighted by Crippen LogP contribution is -2.29. The molecule has 0 saturated carbocycles. The van der Waals surface area contributed by atoms with Gasteiger partial charge < -0.3 is 19.8 Å². The molecular weight excluding hydrogens is 302 g/mol. The molecule has 0 saturated heterocycles. The molecule has 2 N–H and O–H groups in total. The third kappa shape index (κ3) is 3.49. The van der Waals surface area contributed by atoms with Gasteiger partial charge in [0.15, 0.2) is 0 Å². The summed E-state index contributed by atoms with van der Waals surface area (Å²) in [5, 5.41) is 1.08. The first-order chi connectivity index (χ1) is 11.7. The SMILES string of the molecule is CN(CCn1ccnc1)C(=O)c1ccc2c(ccn2CCCN)c1. The van der Waals surface area contributed by atoms with Crippen LogP contribution in [0, 0.1) is 0 Å². The number of likely N-dealkylation sites (N-methyl/N-ethyl adjacent to an activating group) is 1. The minimum atomic E-state index is 0.0340. The highest BCUT2D eigenvalue weighted by molar-refractivity contribution is 5.98. The lowest BCUT2D eigenvalue weighted by Gasteiger charge is -2.17. The summed E-state index contributed by atoms with van der Waals surface area (Å²) < 4.78 is 4.14. The lowest BCUT2D eigenvalue weighted by atomic mass is 10.1. The molecule has 0 aliphatic rings. The van der Waals surface area contributed by atoms with Gasteiger partial charge in [-0.1, -0.05) is 0 Å². The Balaban J connectivity index is 1.70. The third-order valence-corrected chi connectivity index (χ3v) is 4.22. The van der Waals surface area contributed by atoms with Crippen LogP contribution in [0.2, 0.25) is 0 Å². The molecule has 24 heavy (non-hydrogen) atoms. The van der Waals surface area contributed by atoms with E-state index in [1.165, 1.54) is 0 Å². The summed E-state index contributed by atoms with van der Waals surface area (Å²) in [6.45, 7) is 2.96. The zero-order valence-corrected chi connectivity index (χ0v) is 13.9. The van der Waals surface area contributed by atoms with E-state index in [-0.39, 0.29) is 5.91 Å². The maximum atomic E-state index is 12.6. The number of amides is 1. The Labute approximate surface area is 141 Å². The number of nitrogens with two attached hydrogens (primary N) is 1. The van der Waals surface area contributed by atoms with Gasteiger partial charge in [0.2, 0.25) is 0 Å². The van der Waals surface area contributed by atoms with E-state index in [0.717, 1.165) is 30.4 Å². The number of rotatable bonds is 7. The number of hydrogen-bond donors (Lipinski definition) is 1. The number of benzene rings is 1. The summed E-state index contributed by atoms with van der Waals surface area (Å²) in [5.41, 5.74) is 7.44. The number of fused-ring (bicyclic) bond motifs is 1. The van der Waals surface area contributed by atoms with Crippen molar-refractivity contribution in [3.05, 3.63) is 54.7 Å². The molecule has 1 amide bonds. The number of nitrogens with zero attached hydrogens (tertiary/aromatic N) is 4. The summed E-state index contributed by atoms with van der Waals surface area (Å²) in [4.78, 5) is 18.4. The van der Waals surface area contributed by atoms with Crippen molar-refractivity contribution >= 4 is 16.8 Å². The molecule has 3 aromatic rings. The monoisotopic (exact) mass is 325 g/mol. The molecule has 6 nitrogen and oxygen atoms in total. The molecule has 0 bridgehead atoms. The number of aryl methyl sites for hydroxylation is 1. The van der Waals surface area contributed by atoms with E-state index in [0.29, 0.717) is 18.7 Å². The second kappa shape index (κ2) is 7.31. The van der Waals surface area contributed by atoms with Crippen LogP contribution in [0.15, 0.2) is 49.2 Å². The highest BCUT2D eigenvalue weighted by atomic mass is 16.2. The second-order valence-corrected chi connectivity index (χ2v) is 5.95. The first-order valence-corrected chi connectivity index (χ1v) is 8.19. The summed E-state index contributed by atoms with van der Waals surface area (Å²) in [6.07, 6.45) is 8.40. The van der Waals surface area contributed by atoms with E-state index < -0.39 is 0 Å². The van der Waals surface area contributed by atoms with Crippen LogP contribution < -0.4 is 5.73 Å². The molecule has 2 aromatic heterocycles. The van der Waals surface area contributed by atoms with E-state index >= 15 is 0 Å². The fraction of sp³-hybridized carbons (Fsp3) is 0.333. The van der Waals surface area contributed by atoms with Crippen LogP contribution in [-0.4, -0.2) is 45.1 Å². The van der Waals surface area contributed by atoms with Crippen LogP contribution in [0.3, 0.4) is 0 Å². The zero-order chi connectivity index (χ0) is 16.9. The number of aromatic nitrogens is 3. The molecule has 0 aliphatic heterocycles. The maximum absolute atomic E-state index is 12.6. The van der Waals surface area contributed by atoms with Crippen molar-refractivity contribution in [2.45, 2.75) is 19.5 Å². The average Bonchev–Trinajstić information content (AvgIpc) is 3.26. The largest absolute Gasteiger partial charge is 0.347 e. The first-order valence-electron chi connectivity index (χ1n) is 8.19. The van der Waals surface area contributed by atoms with Crippen molar-refractivity contribution in [1.29, 1.82) is 0 Å². The second-order valence-electron chi connectivity index (χ2n) is 5.95. The molecule has 1 aromatic carbocycles. The van der Waals surface area contributed by atoms with E-state index in [9.17, 15) is 4.79 Å². The van der Waals surface area contributed by atoms with Gasteiger partial charge in [-0.2, -0.15) is 0 Å². The molecule has 0 radical (unpaired) electrons. The van der Waals surface area contributed by atoms with Gasteiger partial charge in [0.05, 0.1) is 6.33 Å². The summed E-state index contributed by atoms with van der Waals surface area (Å²) in [6, 6.07) is 7.93. The van der Waals surface area contributed by atoms with E-state index in [2.05, 4.69) is 15.7 Å². The summed E-state index contributed by atoms with van der Waals surface area (Å²) >= 11 is 0. The van der Waals surface area contributed by atoms with Gasteiger partial charge in [-0.05, 0) is 37.2 Å². The van der Waals surface area contributed by atoms with Crippen molar-refractivity contribution in [3.8, 4) is 0 Å². The van der Waals surface area contributed by atoms with Gasteiger partial charge >= 0.3 is 0 Å². The molecule has 0 atom stereocenters. The molecule has 126 valence electrons. The van der Waals surface area contributed by atoms with Crippen molar-refractivity contribution in [2.24, 2.45) is 5.73 Å². The molecule has 3 rings (SSSR count). The van der Waals surface area contributed by atoms with Gasteiger partial charge in [0.25, 0.3) is 5.91 Å². The standard InChI is InChI=1S/C18H23N5O/c1-21(11-12-22-10-7-20-14-22)18(24)16-3-4-17-15(13-16)5-9-23(17)8-2-6-19/h3-5,7,9-10,13-14H,2,6,8,11-12,19H2,1H3. The normalized spacial score (nSPS) is 11.1. The van der Waals surface area contributed by atoms with Crippen LogP contribution >= 0.6 is 0 Å². The number of carbonyl (C=O) groups is 1. The number of imidazole rings is 1. The molecule has 0 fully saturated rings. The van der Waals surface area contributed by atoms with E-state index in [1.807, 2.05) is 42.1 Å². The van der Waals surface area contributed by atoms with Crippen molar-refractivity contribution in [3.63, 3.8) is 0 Å². The fourth-order valence-corrected chi connectivity index (χ4v) is 2.80. The Morgan fingerprint density at radius 3 is 2.88 bits per heavy atom. The molecule has 0 unspecified atom stereocenters. The lowest BCUT2D eigenvalue weighted by molar-refractivity contribution is 0.0790. The predicted molar refractivity (Wildman–Crippen MR) is 94.8 cm³/mol. The van der Waals surface area contributed by atoms with Gasteiger partial charge in [-0.3, -0.25) is 4.79 Å². The Bertz CT molecular complexity index is 806. The van der Waals surface area contributed by atoms with Crippen molar-refractivity contribution < 1.29 is 4.79 Å². The van der Waals surface area contributed by atoms with Crippen molar-refractivity contribution in [2.75, 3.05) is 20.1 Å². The zero-order valence-electron chi connectivity index (χ0n) is 13.9. The smallest absolute Gasteiger partial charge is 0.253 e. The van der Waals surface area contributed by atoms with Crippen LogP contribution in [0.5, 0.6) is 0 Å². The Kier molecular flexibility index (Phi) is 4.96. The van der Waals surface area contributed by atoms with Gasteiger partial charge in [0, 0.05) is 61.7 Å². The third-order valence-electron chi connectivity index (χ3n) is 4.22. The molecular formula is C18H23N5O. The van der Waals surface area contributed by atoms with Gasteiger partial charge in [-0.15, -0.1) is 0 Å². The maximum Gasteiger partial charge on any atom is 0.253 e. The van der Waals surface area contributed by atoms with Crippen LogP contribution in [0.1, 0.15) is 16.8 Å². The minimum Gasteiger partial charge on any atom is -0.347 e. The van der Waals surface area contributed by atoms with E-state index in [4.69, 9.17) is 5.73 Å². The fourth-order valence-electron chi connectivity index (χ4n) is 2.80. The Morgan fingerprint density at radius 2 is 2.12 bits per heavy atom. The highest BCUT2D eigenvalue weighted by Gasteiger charge is 2.13. The predicted octanol–water partition coefficient (Wildman–Crippen LogP) is 1.96. The quantitative estimate of drug-likeness (QED) is 0.722. The van der Waals surface area contributed by atoms with Gasteiger partial charge in [0.1, 0.15) is 0 Å². The highest BCUT2D eigenvalue weighted by Crippen LogP contribution is 2.19. The Morgan fingerprint density at radius 1 is 1.25 bits per heavy atom. The topological polar surface area (TPSA) is 69.1 Å². The van der Waals surface area contributed by atoms with Gasteiger partial charge in [-0.25, -0.2) is 4.98 Å². The van der Waals surface area contributed by atoms with E-state index in [1.54, 1.807) is 17.4 Å². The molecule has 6 heteroatoms. The summed E-state index contributed by atoms with van der Waals surface area (Å²) in [5.74, 6) is 0.0340. The minimum absolute atomic E-state index is 0.0340. The number of hydrogen-bond acceptors (Lipinski definition) is 3. The van der Waals surface area contributed by atoms with Crippen molar-refractivity contribution in [1.82, 2.24) is 19.0 Å². The first kappa shape index (κ1) is 16.3. The van der Waals surface area contributed by atoms with Crippen LogP contribution in [0.4, 0.5) is 0 Å². The molecule has 0 spiro atoms. The molecule has 2 heterocycles.